The summed E-state index contributed by atoms with van der Waals surface area (Å²) in [5.74, 6) is -1.81. The molecule has 2 N–H and O–H groups in total. The normalized spacial score (nSPS) is 9.86. The monoisotopic (exact) mass is 262 g/mol. The Morgan fingerprint density at radius 3 is 2.57 bits per heavy atom. The van der Waals surface area contributed by atoms with Crippen molar-refractivity contribution in [3.8, 4) is 0 Å². The summed E-state index contributed by atoms with van der Waals surface area (Å²) in [4.78, 5) is 20.4. The molecule has 0 aliphatic rings. The predicted molar refractivity (Wildman–Crippen MR) is 49.3 cm³/mol. The summed E-state index contributed by atoms with van der Waals surface area (Å²) in [5.41, 5.74) is 3.88. The van der Waals surface area contributed by atoms with Gasteiger partial charge in [-0.1, -0.05) is 0 Å². The maximum Gasteiger partial charge on any atom is 0.283 e. The number of amides is 1. The molecule has 0 unspecified atom stereocenters. The summed E-state index contributed by atoms with van der Waals surface area (Å²) in [6.45, 7) is 0. The van der Waals surface area contributed by atoms with Crippen LogP contribution in [0.25, 0.3) is 0 Å². The highest BCUT2D eigenvalue weighted by molar-refractivity contribution is 9.10. The molecule has 1 rings (SSSR count). The smallest absolute Gasteiger partial charge is 0.283 e. The number of nitrogens with zero attached hydrogens (tertiary/aromatic N) is 1. The molecular weight excluding hydrogens is 259 g/mol. The van der Waals surface area contributed by atoms with Gasteiger partial charge in [0.25, 0.3) is 11.6 Å². The van der Waals surface area contributed by atoms with Crippen LogP contribution in [-0.4, -0.2) is 10.8 Å². The summed E-state index contributed by atoms with van der Waals surface area (Å²) < 4.78 is 12.8. The Morgan fingerprint density at radius 1 is 1.57 bits per heavy atom. The largest absolute Gasteiger partial charge is 0.365 e. The van der Waals surface area contributed by atoms with E-state index in [1.807, 2.05) is 0 Å². The van der Waals surface area contributed by atoms with Crippen molar-refractivity contribution >= 4 is 27.5 Å². The minimum absolute atomic E-state index is 0.0887. The predicted octanol–water partition coefficient (Wildman–Crippen LogP) is 1.60. The number of carbonyl (C=O) groups excluding carboxylic acids is 1. The van der Waals surface area contributed by atoms with E-state index in [0.717, 1.165) is 12.1 Å². The van der Waals surface area contributed by atoms with Crippen molar-refractivity contribution in [1.82, 2.24) is 0 Å². The van der Waals surface area contributed by atoms with Crippen LogP contribution in [0.5, 0.6) is 0 Å². The fraction of sp³-hybridized carbons (Fsp3) is 0. The Bertz CT molecular complexity index is 383. The number of carbonyl (C=O) groups is 1. The summed E-state index contributed by atoms with van der Waals surface area (Å²) in [5, 5.41) is 10.4. The zero-order valence-corrected chi connectivity index (χ0v) is 8.25. The molecule has 14 heavy (non-hydrogen) atoms. The van der Waals surface area contributed by atoms with Crippen molar-refractivity contribution in [2.45, 2.75) is 0 Å². The Balaban J connectivity index is 3.46. The van der Waals surface area contributed by atoms with Crippen LogP contribution in [0, 0.1) is 15.9 Å². The molecule has 0 aromatic heterocycles. The van der Waals surface area contributed by atoms with Crippen molar-refractivity contribution < 1.29 is 14.1 Å². The van der Waals surface area contributed by atoms with Crippen LogP contribution in [0.2, 0.25) is 0 Å². The standard InChI is InChI=1S/C7H4BrFN2O3/c8-4-2-6(11(13)14)3(7(10)12)1-5(4)9/h1-2H,(H2,10,12). The fourth-order valence-electron chi connectivity index (χ4n) is 0.885. The Morgan fingerprint density at radius 2 is 2.14 bits per heavy atom. The quantitative estimate of drug-likeness (QED) is 0.649. The maximum absolute atomic E-state index is 12.9. The van der Waals surface area contributed by atoms with Crippen LogP contribution < -0.4 is 5.73 Å². The van der Waals surface area contributed by atoms with Crippen molar-refractivity contribution in [3.63, 3.8) is 0 Å². The Labute approximate surface area is 86.0 Å². The SMILES string of the molecule is NC(=O)c1cc(F)c(Br)cc1[N+](=O)[O-]. The lowest BCUT2D eigenvalue weighted by atomic mass is 10.1. The van der Waals surface area contributed by atoms with Crippen molar-refractivity contribution in [3.05, 3.63) is 38.1 Å². The van der Waals surface area contributed by atoms with E-state index in [0.29, 0.717) is 0 Å². The highest BCUT2D eigenvalue weighted by atomic mass is 79.9. The number of nitrogens with two attached hydrogens (primary N) is 1. The Kier molecular flexibility index (Phi) is 2.80. The molecule has 0 saturated carbocycles. The summed E-state index contributed by atoms with van der Waals surface area (Å²) >= 11 is 2.77. The number of hydrogen-bond donors (Lipinski definition) is 1. The third-order valence-electron chi connectivity index (χ3n) is 1.50. The molecule has 5 nitrogen and oxygen atoms in total. The molecular formula is C7H4BrFN2O3. The third kappa shape index (κ3) is 1.87. The molecule has 7 heteroatoms. The number of halogens is 2. The lowest BCUT2D eigenvalue weighted by molar-refractivity contribution is -0.385. The van der Waals surface area contributed by atoms with E-state index in [9.17, 15) is 19.3 Å². The molecule has 0 bridgehead atoms. The van der Waals surface area contributed by atoms with Crippen LogP contribution in [0.15, 0.2) is 16.6 Å². The maximum atomic E-state index is 12.9. The van der Waals surface area contributed by atoms with E-state index in [1.54, 1.807) is 0 Å². The van der Waals surface area contributed by atoms with Crippen LogP contribution >= 0.6 is 15.9 Å². The molecule has 0 aliphatic carbocycles. The van der Waals surface area contributed by atoms with Gasteiger partial charge in [0.1, 0.15) is 11.4 Å². The molecule has 0 heterocycles. The average molecular weight is 263 g/mol. The van der Waals surface area contributed by atoms with Crippen molar-refractivity contribution in [1.29, 1.82) is 0 Å². The third-order valence-corrected chi connectivity index (χ3v) is 2.11. The van der Waals surface area contributed by atoms with Crippen LogP contribution in [0.3, 0.4) is 0 Å². The van der Waals surface area contributed by atoms with Gasteiger partial charge in [0.2, 0.25) is 0 Å². The van der Waals surface area contributed by atoms with Gasteiger partial charge in [-0.2, -0.15) is 0 Å². The van der Waals surface area contributed by atoms with Gasteiger partial charge in [-0.25, -0.2) is 4.39 Å². The van der Waals surface area contributed by atoms with Crippen LogP contribution in [0.1, 0.15) is 10.4 Å². The second-order valence-electron chi connectivity index (χ2n) is 2.40. The number of hydrogen-bond acceptors (Lipinski definition) is 3. The highest BCUT2D eigenvalue weighted by Gasteiger charge is 2.20. The molecule has 1 aromatic rings. The summed E-state index contributed by atoms with van der Waals surface area (Å²) in [6.07, 6.45) is 0. The number of nitro groups is 1. The second-order valence-corrected chi connectivity index (χ2v) is 3.26. The zero-order valence-electron chi connectivity index (χ0n) is 6.66. The van der Waals surface area contributed by atoms with Gasteiger partial charge in [-0.3, -0.25) is 14.9 Å². The lowest BCUT2D eigenvalue weighted by Crippen LogP contribution is -2.13. The molecule has 0 spiro atoms. The topological polar surface area (TPSA) is 86.2 Å². The number of primary amides is 1. The van der Waals surface area contributed by atoms with E-state index in [-0.39, 0.29) is 4.47 Å². The van der Waals surface area contributed by atoms with Crippen LogP contribution in [0.4, 0.5) is 10.1 Å². The average Bonchev–Trinajstić information content (AvgIpc) is 2.08. The van der Waals surface area contributed by atoms with Gasteiger partial charge in [-0.05, 0) is 22.0 Å². The zero-order chi connectivity index (χ0) is 10.9. The molecule has 1 aromatic carbocycles. The van der Waals surface area contributed by atoms with Crippen molar-refractivity contribution in [2.75, 3.05) is 0 Å². The molecule has 0 aliphatic heterocycles. The molecule has 0 saturated heterocycles. The molecule has 0 fully saturated rings. The second kappa shape index (κ2) is 3.70. The van der Waals surface area contributed by atoms with Gasteiger partial charge in [0.05, 0.1) is 9.40 Å². The lowest BCUT2D eigenvalue weighted by Gasteiger charge is -2.00. The summed E-state index contributed by atoms with van der Waals surface area (Å²) in [6, 6.07) is 1.62. The molecule has 1 amide bonds. The van der Waals surface area contributed by atoms with Crippen LogP contribution in [-0.2, 0) is 0 Å². The van der Waals surface area contributed by atoms with Gasteiger partial charge in [-0.15, -0.1) is 0 Å². The first-order valence-corrected chi connectivity index (χ1v) is 4.16. The van der Waals surface area contributed by atoms with Gasteiger partial charge in [0.15, 0.2) is 0 Å². The van der Waals surface area contributed by atoms with E-state index in [1.165, 1.54) is 0 Å². The van der Waals surface area contributed by atoms with E-state index in [2.05, 4.69) is 15.9 Å². The molecule has 0 atom stereocenters. The van der Waals surface area contributed by atoms with Gasteiger partial charge in [0, 0.05) is 6.07 Å². The van der Waals surface area contributed by atoms with E-state index in [4.69, 9.17) is 5.73 Å². The highest BCUT2D eigenvalue weighted by Crippen LogP contribution is 2.25. The number of benzene rings is 1. The van der Waals surface area contributed by atoms with E-state index < -0.39 is 27.9 Å². The minimum Gasteiger partial charge on any atom is -0.365 e. The first kappa shape index (κ1) is 10.6. The first-order valence-electron chi connectivity index (χ1n) is 3.36. The van der Waals surface area contributed by atoms with Gasteiger partial charge < -0.3 is 5.73 Å². The minimum atomic E-state index is -1.04. The number of rotatable bonds is 2. The Hall–Kier alpha value is -1.50. The van der Waals surface area contributed by atoms with E-state index >= 15 is 0 Å². The summed E-state index contributed by atoms with van der Waals surface area (Å²) in [7, 11) is 0. The number of nitro benzene ring substituents is 1. The first-order chi connectivity index (χ1) is 6.43. The molecule has 0 radical (unpaired) electrons. The fourth-order valence-corrected chi connectivity index (χ4v) is 1.22. The molecule has 74 valence electrons. The van der Waals surface area contributed by atoms with Crippen molar-refractivity contribution in [2.24, 2.45) is 5.73 Å². The van der Waals surface area contributed by atoms with Gasteiger partial charge >= 0.3 is 0 Å².